The van der Waals surface area contributed by atoms with Crippen molar-refractivity contribution in [2.24, 2.45) is 5.92 Å². The Morgan fingerprint density at radius 2 is 1.54 bits per heavy atom. The van der Waals surface area contributed by atoms with Crippen molar-refractivity contribution in [2.75, 3.05) is 26.2 Å². The fraction of sp³-hybridized carbons (Fsp3) is 0.409. The van der Waals surface area contributed by atoms with Crippen LogP contribution in [-0.4, -0.2) is 41.9 Å². The summed E-state index contributed by atoms with van der Waals surface area (Å²) in [5, 5.41) is 0.754. The maximum absolute atomic E-state index is 12.5. The molecule has 0 saturated carbocycles. The highest BCUT2D eigenvalue weighted by Crippen LogP contribution is 2.30. The third-order valence-corrected chi connectivity index (χ3v) is 5.58. The highest BCUT2D eigenvalue weighted by Gasteiger charge is 2.29. The minimum absolute atomic E-state index is 0.114. The molecule has 2 aromatic carbocycles. The second kappa shape index (κ2) is 8.70. The molecule has 3 rings (SSSR count). The first-order valence-corrected chi connectivity index (χ1v) is 9.81. The molecule has 0 radical (unpaired) electrons. The number of piperazine rings is 1. The van der Waals surface area contributed by atoms with Crippen molar-refractivity contribution in [3.8, 4) is 0 Å². The van der Waals surface area contributed by atoms with Crippen LogP contribution in [0.1, 0.15) is 37.4 Å². The topological polar surface area (TPSA) is 23.6 Å². The van der Waals surface area contributed by atoms with Gasteiger partial charge in [-0.1, -0.05) is 67.9 Å². The van der Waals surface area contributed by atoms with Crippen molar-refractivity contribution >= 4 is 17.5 Å². The van der Waals surface area contributed by atoms with Crippen molar-refractivity contribution in [1.29, 1.82) is 0 Å². The Labute approximate surface area is 161 Å². The number of benzene rings is 2. The Morgan fingerprint density at radius 3 is 2.12 bits per heavy atom. The average Bonchev–Trinajstić information content (AvgIpc) is 2.70. The summed E-state index contributed by atoms with van der Waals surface area (Å²) in [5.74, 6) is 0.401. The molecule has 4 heteroatoms. The van der Waals surface area contributed by atoms with E-state index in [1.165, 1.54) is 11.1 Å². The van der Waals surface area contributed by atoms with Crippen LogP contribution in [-0.2, 0) is 4.79 Å². The van der Waals surface area contributed by atoms with Crippen LogP contribution >= 0.6 is 11.6 Å². The van der Waals surface area contributed by atoms with Gasteiger partial charge in [-0.25, -0.2) is 0 Å². The lowest BCUT2D eigenvalue weighted by atomic mass is 9.96. The van der Waals surface area contributed by atoms with E-state index in [2.05, 4.69) is 48.2 Å². The quantitative estimate of drug-likeness (QED) is 0.766. The van der Waals surface area contributed by atoms with Crippen LogP contribution in [0.15, 0.2) is 54.6 Å². The van der Waals surface area contributed by atoms with Gasteiger partial charge in [0.15, 0.2) is 0 Å². The summed E-state index contributed by atoms with van der Waals surface area (Å²) in [6.45, 7) is 7.44. The summed E-state index contributed by atoms with van der Waals surface area (Å²) in [7, 11) is 0. The minimum atomic E-state index is 0.114. The Morgan fingerprint density at radius 1 is 0.962 bits per heavy atom. The third kappa shape index (κ3) is 4.28. The molecule has 1 heterocycles. The molecule has 1 fully saturated rings. The van der Waals surface area contributed by atoms with Crippen molar-refractivity contribution < 1.29 is 4.79 Å². The predicted molar refractivity (Wildman–Crippen MR) is 107 cm³/mol. The van der Waals surface area contributed by atoms with Gasteiger partial charge in [-0.3, -0.25) is 9.69 Å². The van der Waals surface area contributed by atoms with Gasteiger partial charge in [-0.15, -0.1) is 0 Å². The van der Waals surface area contributed by atoms with Gasteiger partial charge in [0, 0.05) is 37.1 Å². The number of hydrogen-bond acceptors (Lipinski definition) is 2. The Hall–Kier alpha value is -1.84. The molecule has 1 aliphatic rings. The average molecular weight is 371 g/mol. The maximum atomic E-state index is 12.5. The van der Waals surface area contributed by atoms with Crippen LogP contribution < -0.4 is 0 Å². The second-order valence-electron chi connectivity index (χ2n) is 7.04. The fourth-order valence-corrected chi connectivity index (χ4v) is 3.71. The molecule has 26 heavy (non-hydrogen) atoms. The van der Waals surface area contributed by atoms with Gasteiger partial charge in [0.1, 0.15) is 0 Å². The van der Waals surface area contributed by atoms with Crippen LogP contribution in [0.2, 0.25) is 5.02 Å². The zero-order valence-corrected chi connectivity index (χ0v) is 16.3. The SMILES string of the molecule is CC[C@H](C)C(=O)N1CCN([C@@H](c2ccccc2)c2ccc(Cl)cc2)CC1. The fourth-order valence-electron chi connectivity index (χ4n) is 3.58. The number of amides is 1. The van der Waals surface area contributed by atoms with Crippen LogP contribution in [0.4, 0.5) is 0 Å². The number of carbonyl (C=O) groups is 1. The van der Waals surface area contributed by atoms with E-state index in [0.717, 1.165) is 37.6 Å². The van der Waals surface area contributed by atoms with Gasteiger partial charge in [-0.2, -0.15) is 0 Å². The normalized spacial score (nSPS) is 17.7. The molecule has 0 spiro atoms. The Kier molecular flexibility index (Phi) is 6.33. The molecule has 3 nitrogen and oxygen atoms in total. The first kappa shape index (κ1) is 18.9. The predicted octanol–water partition coefficient (Wildman–Crippen LogP) is 4.62. The lowest BCUT2D eigenvalue weighted by molar-refractivity contribution is -0.137. The lowest BCUT2D eigenvalue weighted by Crippen LogP contribution is -2.51. The van der Waals surface area contributed by atoms with Crippen molar-refractivity contribution in [2.45, 2.75) is 26.3 Å². The number of carbonyl (C=O) groups excluding carboxylic acids is 1. The summed E-state index contributed by atoms with van der Waals surface area (Å²) in [6, 6.07) is 18.9. The van der Waals surface area contributed by atoms with Crippen molar-refractivity contribution in [3.63, 3.8) is 0 Å². The van der Waals surface area contributed by atoms with Crippen LogP contribution in [0.3, 0.4) is 0 Å². The summed E-state index contributed by atoms with van der Waals surface area (Å²) < 4.78 is 0. The van der Waals surface area contributed by atoms with Gasteiger partial charge in [-0.05, 0) is 29.7 Å². The minimum Gasteiger partial charge on any atom is -0.340 e. The number of halogens is 1. The van der Waals surface area contributed by atoms with Gasteiger partial charge in [0.05, 0.1) is 6.04 Å². The number of hydrogen-bond donors (Lipinski definition) is 0. The molecule has 1 amide bonds. The van der Waals surface area contributed by atoms with E-state index in [0.29, 0.717) is 0 Å². The first-order valence-electron chi connectivity index (χ1n) is 9.43. The Balaban J connectivity index is 1.79. The molecular weight excluding hydrogens is 344 g/mol. The molecule has 0 unspecified atom stereocenters. The van der Waals surface area contributed by atoms with E-state index in [9.17, 15) is 4.79 Å². The zero-order valence-electron chi connectivity index (χ0n) is 15.6. The number of nitrogens with zero attached hydrogens (tertiary/aromatic N) is 2. The highest BCUT2D eigenvalue weighted by atomic mass is 35.5. The van der Waals surface area contributed by atoms with Crippen LogP contribution in [0.5, 0.6) is 0 Å². The highest BCUT2D eigenvalue weighted by molar-refractivity contribution is 6.30. The molecule has 0 bridgehead atoms. The first-order chi connectivity index (χ1) is 12.6. The Bertz CT molecular complexity index is 709. The molecule has 2 atom stereocenters. The molecule has 138 valence electrons. The molecule has 0 aliphatic carbocycles. The summed E-state index contributed by atoms with van der Waals surface area (Å²) in [6.07, 6.45) is 0.899. The largest absolute Gasteiger partial charge is 0.340 e. The summed E-state index contributed by atoms with van der Waals surface area (Å²) in [5.41, 5.74) is 2.51. The standard InChI is InChI=1S/C22H27ClN2O/c1-3-17(2)22(26)25-15-13-24(14-16-25)21(18-7-5-4-6-8-18)19-9-11-20(23)12-10-19/h4-12,17,21H,3,13-16H2,1-2H3/t17-,21-/m0/s1. The van der Waals surface area contributed by atoms with Gasteiger partial charge >= 0.3 is 0 Å². The maximum Gasteiger partial charge on any atom is 0.225 e. The van der Waals surface area contributed by atoms with Gasteiger partial charge in [0.25, 0.3) is 0 Å². The van der Waals surface area contributed by atoms with Crippen molar-refractivity contribution in [3.05, 3.63) is 70.7 Å². The van der Waals surface area contributed by atoms with E-state index >= 15 is 0 Å². The van der Waals surface area contributed by atoms with E-state index < -0.39 is 0 Å². The molecule has 0 aromatic heterocycles. The van der Waals surface area contributed by atoms with E-state index in [4.69, 9.17) is 11.6 Å². The van der Waals surface area contributed by atoms with Crippen LogP contribution in [0, 0.1) is 5.92 Å². The molecule has 0 N–H and O–H groups in total. The summed E-state index contributed by atoms with van der Waals surface area (Å²) >= 11 is 6.09. The third-order valence-electron chi connectivity index (χ3n) is 5.33. The molecule has 2 aromatic rings. The molecule has 1 saturated heterocycles. The van der Waals surface area contributed by atoms with E-state index in [1.807, 2.05) is 30.0 Å². The monoisotopic (exact) mass is 370 g/mol. The smallest absolute Gasteiger partial charge is 0.225 e. The van der Waals surface area contributed by atoms with E-state index in [-0.39, 0.29) is 17.9 Å². The van der Waals surface area contributed by atoms with Crippen molar-refractivity contribution in [1.82, 2.24) is 9.80 Å². The van der Waals surface area contributed by atoms with E-state index in [1.54, 1.807) is 0 Å². The summed E-state index contributed by atoms with van der Waals surface area (Å²) in [4.78, 5) is 17.0. The van der Waals surface area contributed by atoms with Gasteiger partial charge < -0.3 is 4.90 Å². The van der Waals surface area contributed by atoms with Crippen LogP contribution in [0.25, 0.3) is 0 Å². The lowest BCUT2D eigenvalue weighted by Gasteiger charge is -2.40. The van der Waals surface area contributed by atoms with Gasteiger partial charge in [0.2, 0.25) is 5.91 Å². The zero-order chi connectivity index (χ0) is 18.5. The second-order valence-corrected chi connectivity index (χ2v) is 7.47. The molecular formula is C22H27ClN2O. The number of rotatable bonds is 5. The molecule has 1 aliphatic heterocycles.